The molecule has 49 heavy (non-hydrogen) atoms. The molecule has 11 nitrogen and oxygen atoms in total. The molecule has 0 radical (unpaired) electrons. The van der Waals surface area contributed by atoms with Crippen molar-refractivity contribution in [3.8, 4) is 0 Å². The standard InChI is InChI=1S/C37H64N4O7S/c1-23(2)20-27(21-29(42)31(25(5)47-36(6,7)8)41-35(46)48-37(9,10)11)32(43)40-30(24(3)4)34(45)39-28(18-19-49-12)33(44)38-22-26-16-14-13-15-17-26/h13-17,23-25,27-31,42H,18-22H2,1-12H3,(H,38,44)(H,39,45)(H,40,43)(H,41,46)/t25-,27-,28+,29-,30?,31+/m1/s1. The van der Waals surface area contributed by atoms with Gasteiger partial charge in [0.2, 0.25) is 17.7 Å². The summed E-state index contributed by atoms with van der Waals surface area (Å²) in [7, 11) is 0. The third kappa shape index (κ3) is 18.1. The molecule has 0 heterocycles. The molecule has 0 fully saturated rings. The topological polar surface area (TPSA) is 155 Å². The molecule has 0 saturated carbocycles. The first-order chi connectivity index (χ1) is 22.6. The zero-order valence-electron chi connectivity index (χ0n) is 31.8. The molecule has 0 aliphatic carbocycles. The normalized spacial score (nSPS) is 15.8. The summed E-state index contributed by atoms with van der Waals surface area (Å²) in [5.41, 5.74) is -0.373. The second-order valence-electron chi connectivity index (χ2n) is 15.5. The Bertz CT molecular complexity index is 1170. The Morgan fingerprint density at radius 1 is 0.816 bits per heavy atom. The molecule has 12 heteroatoms. The highest BCUT2D eigenvalue weighted by Crippen LogP contribution is 2.24. The van der Waals surface area contributed by atoms with Gasteiger partial charge in [-0.1, -0.05) is 58.0 Å². The van der Waals surface area contributed by atoms with Gasteiger partial charge < -0.3 is 35.8 Å². The van der Waals surface area contributed by atoms with Gasteiger partial charge in [-0.05, 0) is 97.1 Å². The molecule has 0 aliphatic rings. The highest BCUT2D eigenvalue weighted by atomic mass is 32.2. The second-order valence-corrected chi connectivity index (χ2v) is 16.5. The molecule has 0 bridgehead atoms. The highest BCUT2D eigenvalue weighted by molar-refractivity contribution is 7.98. The maximum atomic E-state index is 13.9. The lowest BCUT2D eigenvalue weighted by atomic mass is 9.87. The molecule has 6 atom stereocenters. The Hall–Kier alpha value is -2.83. The van der Waals surface area contributed by atoms with Crippen LogP contribution in [0.15, 0.2) is 30.3 Å². The Kier molecular flexibility index (Phi) is 18.7. The summed E-state index contributed by atoms with van der Waals surface area (Å²) in [5.74, 6) is -1.36. The number of aliphatic hydroxyl groups excluding tert-OH is 1. The van der Waals surface area contributed by atoms with E-state index in [1.54, 1.807) is 39.5 Å². The van der Waals surface area contributed by atoms with Crippen LogP contribution in [0.3, 0.4) is 0 Å². The van der Waals surface area contributed by atoms with E-state index in [0.29, 0.717) is 25.1 Å². The van der Waals surface area contributed by atoms with Gasteiger partial charge in [0.15, 0.2) is 0 Å². The third-order valence-electron chi connectivity index (χ3n) is 7.60. The molecule has 1 unspecified atom stereocenters. The summed E-state index contributed by atoms with van der Waals surface area (Å²) in [6, 6.07) is 6.95. The Balaban J connectivity index is 3.18. The number of alkyl carbamates (subject to hydrolysis) is 1. The fourth-order valence-electron chi connectivity index (χ4n) is 5.40. The van der Waals surface area contributed by atoms with E-state index in [0.717, 1.165) is 5.56 Å². The average molecular weight is 709 g/mol. The average Bonchev–Trinajstić information content (AvgIpc) is 2.97. The minimum Gasteiger partial charge on any atom is -0.444 e. The number of ether oxygens (including phenoxy) is 2. The van der Waals surface area contributed by atoms with Gasteiger partial charge in [0.1, 0.15) is 17.7 Å². The van der Waals surface area contributed by atoms with Crippen molar-refractivity contribution in [1.82, 2.24) is 21.3 Å². The van der Waals surface area contributed by atoms with Crippen molar-refractivity contribution in [2.45, 2.75) is 144 Å². The first kappa shape index (κ1) is 44.2. The maximum absolute atomic E-state index is 13.9. The first-order valence-electron chi connectivity index (χ1n) is 17.4. The van der Waals surface area contributed by atoms with Gasteiger partial charge in [0.05, 0.1) is 23.9 Å². The fraction of sp³-hybridized carbons (Fsp3) is 0.730. The Morgan fingerprint density at radius 3 is 1.94 bits per heavy atom. The van der Waals surface area contributed by atoms with Gasteiger partial charge in [0, 0.05) is 12.5 Å². The smallest absolute Gasteiger partial charge is 0.408 e. The van der Waals surface area contributed by atoms with E-state index in [4.69, 9.17) is 9.47 Å². The number of aliphatic hydroxyl groups is 1. The first-order valence-corrected chi connectivity index (χ1v) is 18.8. The van der Waals surface area contributed by atoms with E-state index >= 15 is 0 Å². The summed E-state index contributed by atoms with van der Waals surface area (Å²) in [4.78, 5) is 53.5. The summed E-state index contributed by atoms with van der Waals surface area (Å²) in [5, 5.41) is 23.0. The van der Waals surface area contributed by atoms with E-state index in [1.165, 1.54) is 0 Å². The van der Waals surface area contributed by atoms with Crippen molar-refractivity contribution < 1.29 is 33.8 Å². The van der Waals surface area contributed by atoms with Crippen molar-refractivity contribution in [2.24, 2.45) is 17.8 Å². The number of nitrogens with one attached hydrogen (secondary N) is 4. The van der Waals surface area contributed by atoms with Crippen LogP contribution in [-0.4, -0.2) is 82.5 Å². The van der Waals surface area contributed by atoms with Crippen molar-refractivity contribution in [3.05, 3.63) is 35.9 Å². The molecule has 280 valence electrons. The predicted molar refractivity (Wildman–Crippen MR) is 197 cm³/mol. The molecule has 0 aromatic heterocycles. The molecule has 1 aromatic carbocycles. The van der Waals surface area contributed by atoms with Crippen LogP contribution in [0.1, 0.15) is 101 Å². The van der Waals surface area contributed by atoms with E-state index in [2.05, 4.69) is 21.3 Å². The lowest BCUT2D eigenvalue weighted by Crippen LogP contribution is -2.57. The van der Waals surface area contributed by atoms with Gasteiger partial charge in [-0.2, -0.15) is 11.8 Å². The number of thioether (sulfide) groups is 1. The molecule has 5 N–H and O–H groups in total. The minimum atomic E-state index is -1.17. The minimum absolute atomic E-state index is 0.00694. The van der Waals surface area contributed by atoms with Crippen LogP contribution < -0.4 is 21.3 Å². The molecular weight excluding hydrogens is 644 g/mol. The number of rotatable bonds is 19. The second kappa shape index (κ2) is 20.7. The van der Waals surface area contributed by atoms with Gasteiger partial charge in [-0.25, -0.2) is 4.79 Å². The number of carbonyl (C=O) groups excluding carboxylic acids is 4. The molecule has 0 spiro atoms. The van der Waals surface area contributed by atoms with Gasteiger partial charge >= 0.3 is 6.09 Å². The number of carbonyl (C=O) groups is 4. The number of amides is 4. The van der Waals surface area contributed by atoms with Crippen LogP contribution in [-0.2, 0) is 30.4 Å². The van der Waals surface area contributed by atoms with Crippen LogP contribution in [0.4, 0.5) is 4.79 Å². The summed E-state index contributed by atoms with van der Waals surface area (Å²) < 4.78 is 11.6. The SMILES string of the molecule is CSCC[C@H](NC(=O)C(NC(=O)[C@H](CC(C)C)C[C@@H](O)[C@@H](NC(=O)OC(C)(C)C)[C@@H](C)OC(C)(C)C)C(C)C)C(=O)NCc1ccccc1. The van der Waals surface area contributed by atoms with Crippen molar-refractivity contribution >= 4 is 35.6 Å². The van der Waals surface area contributed by atoms with Crippen LogP contribution in [0.25, 0.3) is 0 Å². The van der Waals surface area contributed by atoms with Crippen LogP contribution in [0, 0.1) is 17.8 Å². The van der Waals surface area contributed by atoms with E-state index < -0.39 is 65.4 Å². The van der Waals surface area contributed by atoms with Crippen LogP contribution in [0.5, 0.6) is 0 Å². The molecule has 0 aliphatic heterocycles. The van der Waals surface area contributed by atoms with Gasteiger partial charge in [-0.3, -0.25) is 14.4 Å². The van der Waals surface area contributed by atoms with E-state index in [1.807, 2.05) is 85.1 Å². The van der Waals surface area contributed by atoms with E-state index in [-0.39, 0.29) is 24.2 Å². The highest BCUT2D eigenvalue weighted by Gasteiger charge is 2.37. The van der Waals surface area contributed by atoms with Gasteiger partial charge in [-0.15, -0.1) is 0 Å². The largest absolute Gasteiger partial charge is 0.444 e. The summed E-state index contributed by atoms with van der Waals surface area (Å²) >= 11 is 1.57. The van der Waals surface area contributed by atoms with E-state index in [9.17, 15) is 24.3 Å². The molecule has 0 saturated heterocycles. The van der Waals surface area contributed by atoms with Crippen molar-refractivity contribution in [2.75, 3.05) is 12.0 Å². The fourth-order valence-corrected chi connectivity index (χ4v) is 5.87. The molecule has 1 aromatic rings. The zero-order valence-corrected chi connectivity index (χ0v) is 32.7. The zero-order chi connectivity index (χ0) is 37.5. The molecular formula is C37H64N4O7S. The maximum Gasteiger partial charge on any atom is 0.408 e. The summed E-state index contributed by atoms with van der Waals surface area (Å²) in [6.07, 6.45) is 0.306. The molecule has 1 rings (SSSR count). The Labute approximate surface area is 299 Å². The lowest BCUT2D eigenvalue weighted by molar-refractivity contribution is -0.135. The van der Waals surface area contributed by atoms with Gasteiger partial charge in [0.25, 0.3) is 0 Å². The Morgan fingerprint density at radius 2 is 1.43 bits per heavy atom. The van der Waals surface area contributed by atoms with Crippen molar-refractivity contribution in [1.29, 1.82) is 0 Å². The quantitative estimate of drug-likeness (QED) is 0.132. The number of benzene rings is 1. The summed E-state index contributed by atoms with van der Waals surface area (Å²) in [6.45, 7) is 20.6. The van der Waals surface area contributed by atoms with Crippen LogP contribution in [0.2, 0.25) is 0 Å². The number of hydrogen-bond donors (Lipinski definition) is 5. The lowest BCUT2D eigenvalue weighted by Gasteiger charge is -2.35. The van der Waals surface area contributed by atoms with Crippen molar-refractivity contribution in [3.63, 3.8) is 0 Å². The molecule has 4 amide bonds. The predicted octanol–water partition coefficient (Wildman–Crippen LogP) is 5.19. The monoisotopic (exact) mass is 708 g/mol. The van der Waals surface area contributed by atoms with Crippen LogP contribution >= 0.6 is 11.8 Å². The number of hydrogen-bond acceptors (Lipinski definition) is 8. The third-order valence-corrected chi connectivity index (χ3v) is 8.24.